The van der Waals surface area contributed by atoms with Crippen molar-refractivity contribution in [2.75, 3.05) is 0 Å². The first-order chi connectivity index (χ1) is 9.97. The molecule has 21 heavy (non-hydrogen) atoms. The quantitative estimate of drug-likeness (QED) is 0.824. The summed E-state index contributed by atoms with van der Waals surface area (Å²) >= 11 is 0. The van der Waals surface area contributed by atoms with Crippen LogP contribution in [-0.2, 0) is 11.2 Å². The lowest BCUT2D eigenvalue weighted by Crippen LogP contribution is -2.32. The molecule has 0 radical (unpaired) electrons. The van der Waals surface area contributed by atoms with E-state index in [9.17, 15) is 14.0 Å². The lowest BCUT2D eigenvalue weighted by molar-refractivity contribution is -0.138. The van der Waals surface area contributed by atoms with Gasteiger partial charge in [-0.1, -0.05) is 24.3 Å². The second-order valence-corrected chi connectivity index (χ2v) is 4.68. The van der Waals surface area contributed by atoms with Gasteiger partial charge in [0.2, 0.25) is 0 Å². The van der Waals surface area contributed by atoms with Gasteiger partial charge in [-0.15, -0.1) is 0 Å². The molecule has 0 amide bonds. The Balaban J connectivity index is 2.13. The standard InChI is InChI=1S/C16H14FNO3/c17-13-7-5-12(6-8-13)15(19)11-3-1-10(2-4-11)9-14(18)16(20)21/h1-8,14H,9,18H2,(H,20,21)/t14-/m0/s1. The maximum Gasteiger partial charge on any atom is 0.320 e. The van der Waals surface area contributed by atoms with E-state index < -0.39 is 17.8 Å². The number of aliphatic carboxylic acids is 1. The van der Waals surface area contributed by atoms with Gasteiger partial charge in [-0.05, 0) is 36.2 Å². The molecule has 0 saturated carbocycles. The van der Waals surface area contributed by atoms with Gasteiger partial charge >= 0.3 is 5.97 Å². The number of carboxylic acids is 1. The fraction of sp³-hybridized carbons (Fsp3) is 0.125. The molecular formula is C16H14FNO3. The number of carboxylic acid groups (broad SMARTS) is 1. The highest BCUT2D eigenvalue weighted by molar-refractivity contribution is 6.08. The monoisotopic (exact) mass is 287 g/mol. The van der Waals surface area contributed by atoms with Gasteiger partial charge in [-0.3, -0.25) is 9.59 Å². The van der Waals surface area contributed by atoms with E-state index in [1.165, 1.54) is 24.3 Å². The van der Waals surface area contributed by atoms with Crippen LogP contribution in [0, 0.1) is 5.82 Å². The Labute approximate surface area is 121 Å². The topological polar surface area (TPSA) is 80.4 Å². The van der Waals surface area contributed by atoms with Crippen molar-refractivity contribution in [3.8, 4) is 0 Å². The Bertz CT molecular complexity index is 650. The second-order valence-electron chi connectivity index (χ2n) is 4.68. The van der Waals surface area contributed by atoms with Crippen LogP contribution in [0.4, 0.5) is 4.39 Å². The van der Waals surface area contributed by atoms with Crippen LogP contribution in [0.3, 0.4) is 0 Å². The van der Waals surface area contributed by atoms with Crippen LogP contribution in [0.25, 0.3) is 0 Å². The molecule has 0 bridgehead atoms. The fourth-order valence-corrected chi connectivity index (χ4v) is 1.90. The third-order valence-corrected chi connectivity index (χ3v) is 3.10. The average molecular weight is 287 g/mol. The molecule has 0 spiro atoms. The van der Waals surface area contributed by atoms with Crippen molar-refractivity contribution in [3.05, 3.63) is 71.0 Å². The zero-order valence-electron chi connectivity index (χ0n) is 11.1. The maximum atomic E-state index is 12.8. The zero-order valence-corrected chi connectivity index (χ0v) is 11.1. The number of benzene rings is 2. The van der Waals surface area contributed by atoms with Crippen LogP contribution >= 0.6 is 0 Å². The average Bonchev–Trinajstić information content (AvgIpc) is 2.48. The third kappa shape index (κ3) is 3.73. The van der Waals surface area contributed by atoms with Crippen molar-refractivity contribution in [1.82, 2.24) is 0 Å². The summed E-state index contributed by atoms with van der Waals surface area (Å²) in [6, 6.07) is 10.9. The first kappa shape index (κ1) is 14.9. The molecule has 0 aliphatic rings. The van der Waals surface area contributed by atoms with Crippen LogP contribution in [0.1, 0.15) is 21.5 Å². The Kier molecular flexibility index (Phi) is 4.45. The van der Waals surface area contributed by atoms with Gasteiger partial charge in [0.25, 0.3) is 0 Å². The summed E-state index contributed by atoms with van der Waals surface area (Å²) in [6.07, 6.45) is 0.195. The molecule has 2 rings (SSSR count). The number of rotatable bonds is 5. The highest BCUT2D eigenvalue weighted by Crippen LogP contribution is 2.13. The van der Waals surface area contributed by atoms with E-state index in [0.717, 1.165) is 5.56 Å². The molecule has 0 heterocycles. The molecular weight excluding hydrogens is 273 g/mol. The molecule has 0 saturated heterocycles. The number of ketones is 1. The van der Waals surface area contributed by atoms with Crippen molar-refractivity contribution >= 4 is 11.8 Å². The normalized spacial score (nSPS) is 11.9. The van der Waals surface area contributed by atoms with Crippen LogP contribution in [0.15, 0.2) is 48.5 Å². The summed E-state index contributed by atoms with van der Waals surface area (Å²) in [7, 11) is 0. The Morgan fingerprint density at radius 3 is 1.95 bits per heavy atom. The van der Waals surface area contributed by atoms with Gasteiger partial charge in [0.15, 0.2) is 5.78 Å². The zero-order chi connectivity index (χ0) is 15.4. The SMILES string of the molecule is N[C@@H](Cc1ccc(C(=O)c2ccc(F)cc2)cc1)C(=O)O. The van der Waals surface area contributed by atoms with Crippen LogP contribution in [0.5, 0.6) is 0 Å². The Morgan fingerprint density at radius 2 is 1.48 bits per heavy atom. The molecule has 1 atom stereocenters. The number of halogens is 1. The van der Waals surface area contributed by atoms with E-state index in [1.54, 1.807) is 24.3 Å². The van der Waals surface area contributed by atoms with E-state index in [2.05, 4.69) is 0 Å². The van der Waals surface area contributed by atoms with E-state index in [0.29, 0.717) is 11.1 Å². The molecule has 4 nitrogen and oxygen atoms in total. The van der Waals surface area contributed by atoms with E-state index in [1.807, 2.05) is 0 Å². The van der Waals surface area contributed by atoms with Gasteiger partial charge in [-0.25, -0.2) is 4.39 Å². The Morgan fingerprint density at radius 1 is 1.00 bits per heavy atom. The molecule has 3 N–H and O–H groups in total. The molecule has 5 heteroatoms. The van der Waals surface area contributed by atoms with E-state index >= 15 is 0 Å². The summed E-state index contributed by atoms with van der Waals surface area (Å²) in [5.41, 5.74) is 7.03. The van der Waals surface area contributed by atoms with Gasteiger partial charge in [-0.2, -0.15) is 0 Å². The smallest absolute Gasteiger partial charge is 0.320 e. The lowest BCUT2D eigenvalue weighted by atomic mass is 10.00. The summed E-state index contributed by atoms with van der Waals surface area (Å²) in [6.45, 7) is 0. The van der Waals surface area contributed by atoms with Gasteiger partial charge < -0.3 is 10.8 Å². The number of carbonyl (C=O) groups is 2. The van der Waals surface area contributed by atoms with Crippen LogP contribution in [0.2, 0.25) is 0 Å². The molecule has 2 aromatic carbocycles. The summed E-state index contributed by atoms with van der Waals surface area (Å²) in [5.74, 6) is -1.69. The minimum atomic E-state index is -1.07. The maximum absolute atomic E-state index is 12.8. The molecule has 0 fully saturated rings. The minimum absolute atomic E-state index is 0.195. The summed E-state index contributed by atoms with van der Waals surface area (Å²) in [4.78, 5) is 22.8. The second kappa shape index (κ2) is 6.28. The van der Waals surface area contributed by atoms with Crippen molar-refractivity contribution in [2.24, 2.45) is 5.73 Å². The molecule has 0 aromatic heterocycles. The number of carbonyl (C=O) groups excluding carboxylic acids is 1. The molecule has 0 aliphatic carbocycles. The number of hydrogen-bond acceptors (Lipinski definition) is 3. The van der Waals surface area contributed by atoms with Crippen LogP contribution in [-0.4, -0.2) is 22.9 Å². The van der Waals surface area contributed by atoms with Gasteiger partial charge in [0.05, 0.1) is 0 Å². The van der Waals surface area contributed by atoms with Gasteiger partial charge in [0.1, 0.15) is 11.9 Å². The van der Waals surface area contributed by atoms with Crippen molar-refractivity contribution in [3.63, 3.8) is 0 Å². The lowest BCUT2D eigenvalue weighted by Gasteiger charge is -2.07. The summed E-state index contributed by atoms with van der Waals surface area (Å²) < 4.78 is 12.8. The predicted octanol–water partition coefficient (Wildman–Crippen LogP) is 2.01. The molecule has 0 unspecified atom stereocenters. The highest BCUT2D eigenvalue weighted by atomic mass is 19.1. The molecule has 108 valence electrons. The van der Waals surface area contributed by atoms with E-state index in [4.69, 9.17) is 10.8 Å². The first-order valence-corrected chi connectivity index (χ1v) is 6.35. The van der Waals surface area contributed by atoms with E-state index in [-0.39, 0.29) is 12.2 Å². The first-order valence-electron chi connectivity index (χ1n) is 6.35. The molecule has 0 aliphatic heterocycles. The largest absolute Gasteiger partial charge is 0.480 e. The van der Waals surface area contributed by atoms with Gasteiger partial charge in [0, 0.05) is 11.1 Å². The van der Waals surface area contributed by atoms with Crippen molar-refractivity contribution in [2.45, 2.75) is 12.5 Å². The van der Waals surface area contributed by atoms with Crippen molar-refractivity contribution < 1.29 is 19.1 Å². The summed E-state index contributed by atoms with van der Waals surface area (Å²) in [5, 5.41) is 8.75. The minimum Gasteiger partial charge on any atom is -0.480 e. The molecule has 2 aromatic rings. The van der Waals surface area contributed by atoms with Crippen molar-refractivity contribution in [1.29, 1.82) is 0 Å². The third-order valence-electron chi connectivity index (χ3n) is 3.10. The highest BCUT2D eigenvalue weighted by Gasteiger charge is 2.13. The number of nitrogens with two attached hydrogens (primary N) is 1. The fourth-order valence-electron chi connectivity index (χ4n) is 1.90. The van der Waals surface area contributed by atoms with Crippen LogP contribution < -0.4 is 5.73 Å². The predicted molar refractivity (Wildman–Crippen MR) is 75.6 cm³/mol. The number of hydrogen-bond donors (Lipinski definition) is 2. The Hall–Kier alpha value is -2.53.